The monoisotopic (exact) mass is 504 g/mol. The van der Waals surface area contributed by atoms with Crippen molar-refractivity contribution in [2.24, 2.45) is 14.1 Å². The van der Waals surface area contributed by atoms with Crippen molar-refractivity contribution in [1.29, 1.82) is 0 Å². The topological polar surface area (TPSA) is 112 Å². The lowest BCUT2D eigenvalue weighted by molar-refractivity contribution is -0.384. The molecule has 31 heavy (non-hydrogen) atoms. The molecular weight excluding hydrogens is 492 g/mol. The van der Waals surface area contributed by atoms with Crippen LogP contribution >= 0.6 is 27.5 Å². The van der Waals surface area contributed by atoms with Gasteiger partial charge >= 0.3 is 5.69 Å². The number of halogens is 2. The summed E-state index contributed by atoms with van der Waals surface area (Å²) in [6.45, 7) is 0. The van der Waals surface area contributed by atoms with Crippen LogP contribution in [0.25, 0.3) is 27.8 Å². The molecule has 0 radical (unpaired) electrons. The van der Waals surface area contributed by atoms with Gasteiger partial charge in [0.05, 0.1) is 27.2 Å². The maximum atomic E-state index is 13.1. The van der Waals surface area contributed by atoms with Crippen molar-refractivity contribution in [3.8, 4) is 22.7 Å². The van der Waals surface area contributed by atoms with Crippen LogP contribution in [-0.2, 0) is 14.1 Å². The molecule has 11 heteroatoms. The second-order valence-electron chi connectivity index (χ2n) is 6.87. The van der Waals surface area contributed by atoms with E-state index >= 15 is 0 Å². The summed E-state index contributed by atoms with van der Waals surface area (Å²) >= 11 is 9.53. The third kappa shape index (κ3) is 3.24. The highest BCUT2D eigenvalue weighted by Crippen LogP contribution is 2.39. The molecule has 2 heterocycles. The van der Waals surface area contributed by atoms with Crippen LogP contribution < -0.4 is 11.2 Å². The van der Waals surface area contributed by atoms with Crippen LogP contribution in [-0.4, -0.2) is 23.7 Å². The van der Waals surface area contributed by atoms with E-state index in [1.54, 1.807) is 0 Å². The summed E-state index contributed by atoms with van der Waals surface area (Å²) in [6.07, 6.45) is 1.52. The zero-order valence-corrected chi connectivity index (χ0v) is 18.5. The molecule has 0 amide bonds. The first-order valence-corrected chi connectivity index (χ1v) is 10.0. The molecule has 0 aliphatic heterocycles. The average molecular weight is 506 g/mol. The fourth-order valence-electron chi connectivity index (χ4n) is 3.49. The summed E-state index contributed by atoms with van der Waals surface area (Å²) in [5, 5.41) is 22.4. The Morgan fingerprint density at radius 2 is 1.81 bits per heavy atom. The third-order valence-electron chi connectivity index (χ3n) is 5.05. The van der Waals surface area contributed by atoms with Crippen LogP contribution in [0, 0.1) is 10.1 Å². The van der Waals surface area contributed by atoms with Crippen LogP contribution in [0.5, 0.6) is 5.75 Å². The number of nitrogens with zero attached hydrogens (tertiary/aromatic N) is 4. The number of nitro benzene ring substituents is 1. The lowest BCUT2D eigenvalue weighted by Gasteiger charge is -2.13. The van der Waals surface area contributed by atoms with Gasteiger partial charge in [-0.25, -0.2) is 4.79 Å². The number of non-ortho nitro benzene ring substituents is 1. The minimum absolute atomic E-state index is 0.130. The molecule has 1 N–H and O–H groups in total. The van der Waals surface area contributed by atoms with E-state index in [1.165, 1.54) is 65.8 Å². The smallest absolute Gasteiger partial charge is 0.330 e. The highest BCUT2D eigenvalue weighted by molar-refractivity contribution is 9.10. The Bertz CT molecular complexity index is 1520. The summed E-state index contributed by atoms with van der Waals surface area (Å²) in [5.41, 5.74) is -0.163. The van der Waals surface area contributed by atoms with E-state index in [4.69, 9.17) is 11.6 Å². The molecule has 0 aliphatic rings. The Morgan fingerprint density at radius 3 is 2.48 bits per heavy atom. The van der Waals surface area contributed by atoms with E-state index in [0.717, 1.165) is 4.57 Å². The number of benzene rings is 2. The van der Waals surface area contributed by atoms with Gasteiger partial charge in [-0.1, -0.05) is 27.5 Å². The molecule has 0 saturated heterocycles. The zero-order valence-electron chi connectivity index (χ0n) is 16.2. The Labute approximate surface area is 187 Å². The number of aromatic nitrogens is 3. The Balaban J connectivity index is 2.27. The van der Waals surface area contributed by atoms with Crippen molar-refractivity contribution in [3.05, 3.63) is 83.0 Å². The molecule has 0 fully saturated rings. The summed E-state index contributed by atoms with van der Waals surface area (Å²) in [7, 11) is 2.86. The predicted molar refractivity (Wildman–Crippen MR) is 120 cm³/mol. The average Bonchev–Trinajstić information content (AvgIpc) is 3.13. The van der Waals surface area contributed by atoms with Gasteiger partial charge in [0.1, 0.15) is 5.75 Å². The first-order chi connectivity index (χ1) is 14.6. The van der Waals surface area contributed by atoms with E-state index in [9.17, 15) is 24.8 Å². The van der Waals surface area contributed by atoms with Crippen molar-refractivity contribution in [2.45, 2.75) is 0 Å². The lowest BCUT2D eigenvalue weighted by Crippen LogP contribution is -2.36. The molecule has 2 aromatic carbocycles. The van der Waals surface area contributed by atoms with E-state index < -0.39 is 16.2 Å². The van der Waals surface area contributed by atoms with Gasteiger partial charge in [-0.3, -0.25) is 24.0 Å². The SMILES string of the molecule is Cn1c(=O)c2c(-c3cc([N+](=O)[O-])ccc3Br)n(-c3cc(Cl)ccc3O)cc2n(C)c1=O. The molecule has 4 rings (SSSR count). The van der Waals surface area contributed by atoms with Gasteiger partial charge < -0.3 is 9.67 Å². The van der Waals surface area contributed by atoms with Crippen molar-refractivity contribution < 1.29 is 10.0 Å². The Kier molecular flexibility index (Phi) is 4.98. The standard InChI is InChI=1S/C20H14BrClN4O5/c1-23-15-9-25(14-7-10(22)3-6-16(14)27)18(17(15)19(28)24(2)20(23)29)12-8-11(26(30)31)4-5-13(12)21/h3-9,27H,1-2H3. The number of aromatic hydroxyl groups is 1. The molecule has 4 aromatic rings. The van der Waals surface area contributed by atoms with E-state index in [-0.39, 0.29) is 28.2 Å². The van der Waals surface area contributed by atoms with E-state index in [2.05, 4.69) is 15.9 Å². The van der Waals surface area contributed by atoms with Crippen molar-refractivity contribution in [3.63, 3.8) is 0 Å². The second-order valence-corrected chi connectivity index (χ2v) is 8.16. The molecule has 0 aliphatic carbocycles. The Hall–Kier alpha value is -3.37. The van der Waals surface area contributed by atoms with Gasteiger partial charge in [0.15, 0.2) is 0 Å². The number of fused-ring (bicyclic) bond motifs is 1. The molecule has 9 nitrogen and oxygen atoms in total. The molecule has 0 bridgehead atoms. The molecule has 158 valence electrons. The molecule has 0 unspecified atom stereocenters. The van der Waals surface area contributed by atoms with E-state index in [0.29, 0.717) is 20.6 Å². The van der Waals surface area contributed by atoms with Gasteiger partial charge in [0.25, 0.3) is 11.2 Å². The van der Waals surface area contributed by atoms with Gasteiger partial charge in [-0.15, -0.1) is 0 Å². The van der Waals surface area contributed by atoms with E-state index in [1.807, 2.05) is 0 Å². The highest BCUT2D eigenvalue weighted by Gasteiger charge is 2.24. The first kappa shape index (κ1) is 20.9. The van der Waals surface area contributed by atoms with Gasteiger partial charge in [0, 0.05) is 47.5 Å². The maximum Gasteiger partial charge on any atom is 0.330 e. The molecular formula is C20H14BrClN4O5. The number of nitro groups is 1. The lowest BCUT2D eigenvalue weighted by atomic mass is 10.1. The fourth-order valence-corrected chi connectivity index (χ4v) is 4.09. The maximum absolute atomic E-state index is 13.1. The summed E-state index contributed by atoms with van der Waals surface area (Å²) in [4.78, 5) is 36.4. The van der Waals surface area contributed by atoms with Crippen molar-refractivity contribution >= 4 is 44.1 Å². The highest BCUT2D eigenvalue weighted by atomic mass is 79.9. The summed E-state index contributed by atoms with van der Waals surface area (Å²) in [6, 6.07) is 8.54. The second kappa shape index (κ2) is 7.40. The van der Waals surface area contributed by atoms with Crippen molar-refractivity contribution in [1.82, 2.24) is 13.7 Å². The van der Waals surface area contributed by atoms with Gasteiger partial charge in [-0.2, -0.15) is 0 Å². The third-order valence-corrected chi connectivity index (χ3v) is 5.98. The minimum Gasteiger partial charge on any atom is -0.506 e. The number of phenols is 1. The molecule has 0 atom stereocenters. The predicted octanol–water partition coefficient (Wildman–Crippen LogP) is 3.72. The van der Waals surface area contributed by atoms with Crippen LogP contribution in [0.1, 0.15) is 0 Å². The Morgan fingerprint density at radius 1 is 1.10 bits per heavy atom. The minimum atomic E-state index is -0.577. The number of rotatable bonds is 3. The number of aryl methyl sites for hydroxylation is 1. The van der Waals surface area contributed by atoms with Crippen molar-refractivity contribution in [2.75, 3.05) is 0 Å². The number of phenolic OH excluding ortho intramolecular Hbond substituents is 1. The number of hydrogen-bond donors (Lipinski definition) is 1. The van der Waals surface area contributed by atoms with Crippen LogP contribution in [0.15, 0.2) is 56.7 Å². The van der Waals surface area contributed by atoms with Crippen LogP contribution in [0.2, 0.25) is 5.02 Å². The molecule has 0 saturated carbocycles. The van der Waals surface area contributed by atoms with Gasteiger partial charge in [-0.05, 0) is 24.3 Å². The quantitative estimate of drug-likeness (QED) is 0.337. The first-order valence-electron chi connectivity index (χ1n) is 8.86. The summed E-state index contributed by atoms with van der Waals surface area (Å²) in [5.74, 6) is -0.130. The van der Waals surface area contributed by atoms with Crippen LogP contribution in [0.4, 0.5) is 5.69 Å². The van der Waals surface area contributed by atoms with Gasteiger partial charge in [0.2, 0.25) is 0 Å². The molecule has 0 spiro atoms. The number of hydrogen-bond acceptors (Lipinski definition) is 5. The largest absolute Gasteiger partial charge is 0.506 e. The summed E-state index contributed by atoms with van der Waals surface area (Å²) < 4.78 is 4.23. The normalized spacial score (nSPS) is 11.2. The fraction of sp³-hybridized carbons (Fsp3) is 0.100. The van der Waals surface area contributed by atoms with Crippen LogP contribution in [0.3, 0.4) is 0 Å². The zero-order chi connectivity index (χ0) is 22.6. The molecule has 2 aromatic heterocycles.